The van der Waals surface area contributed by atoms with E-state index in [9.17, 15) is 9.59 Å². The molecular formula is C21H25N3O3. The molecule has 1 aromatic heterocycles. The van der Waals surface area contributed by atoms with Crippen molar-refractivity contribution in [2.45, 2.75) is 31.8 Å². The number of H-pyrrole nitrogens is 1. The van der Waals surface area contributed by atoms with E-state index in [0.717, 1.165) is 18.6 Å². The van der Waals surface area contributed by atoms with Crippen molar-refractivity contribution in [2.24, 2.45) is 0 Å². The zero-order valence-electron chi connectivity index (χ0n) is 15.4. The first-order chi connectivity index (χ1) is 13.2. The monoisotopic (exact) mass is 367 g/mol. The zero-order chi connectivity index (χ0) is 18.6. The molecule has 6 nitrogen and oxygen atoms in total. The first-order valence-corrected chi connectivity index (χ1v) is 9.69. The SMILES string of the molecule is O=C(c1ccc(OC2CCCC2)cc1)N1CCN(C(=O)c2ccc[nH]2)CC1. The Labute approximate surface area is 159 Å². The van der Waals surface area contributed by atoms with Gasteiger partial charge in [-0.05, 0) is 62.1 Å². The van der Waals surface area contributed by atoms with Gasteiger partial charge in [-0.2, -0.15) is 0 Å². The molecule has 1 N–H and O–H groups in total. The molecule has 2 aliphatic rings. The third-order valence-electron chi connectivity index (χ3n) is 5.39. The maximum absolute atomic E-state index is 12.7. The van der Waals surface area contributed by atoms with Gasteiger partial charge in [-0.1, -0.05) is 0 Å². The fraction of sp³-hybridized carbons (Fsp3) is 0.429. The number of hydrogen-bond donors (Lipinski definition) is 1. The van der Waals surface area contributed by atoms with Crippen LogP contribution in [0, 0.1) is 0 Å². The van der Waals surface area contributed by atoms with E-state index < -0.39 is 0 Å². The molecule has 1 aliphatic carbocycles. The fourth-order valence-electron chi connectivity index (χ4n) is 3.80. The standard InChI is InChI=1S/C21H25N3O3/c25-20(16-7-9-18(10-8-16)27-17-4-1-2-5-17)23-12-14-24(15-13-23)21(26)19-6-3-11-22-19/h3,6-11,17,22H,1-2,4-5,12-15H2. The van der Waals surface area contributed by atoms with Crippen LogP contribution in [0.5, 0.6) is 5.75 Å². The topological polar surface area (TPSA) is 65.6 Å². The number of hydrogen-bond acceptors (Lipinski definition) is 3. The smallest absolute Gasteiger partial charge is 0.270 e. The average Bonchev–Trinajstić information content (AvgIpc) is 3.42. The quantitative estimate of drug-likeness (QED) is 0.904. The van der Waals surface area contributed by atoms with Gasteiger partial charge in [0.2, 0.25) is 0 Å². The van der Waals surface area contributed by atoms with Gasteiger partial charge in [0.1, 0.15) is 11.4 Å². The van der Waals surface area contributed by atoms with Crippen LogP contribution < -0.4 is 4.74 Å². The van der Waals surface area contributed by atoms with Crippen LogP contribution in [0.3, 0.4) is 0 Å². The van der Waals surface area contributed by atoms with Crippen LogP contribution in [0.2, 0.25) is 0 Å². The summed E-state index contributed by atoms with van der Waals surface area (Å²) in [6, 6.07) is 11.0. The number of amides is 2. The molecule has 4 rings (SSSR count). The minimum atomic E-state index is -0.0134. The highest BCUT2D eigenvalue weighted by atomic mass is 16.5. The summed E-state index contributed by atoms with van der Waals surface area (Å²) < 4.78 is 5.96. The van der Waals surface area contributed by atoms with E-state index in [1.165, 1.54) is 12.8 Å². The minimum absolute atomic E-state index is 0.00869. The highest BCUT2D eigenvalue weighted by molar-refractivity contribution is 5.95. The van der Waals surface area contributed by atoms with Gasteiger partial charge in [-0.15, -0.1) is 0 Å². The Morgan fingerprint density at radius 1 is 0.889 bits per heavy atom. The molecule has 1 saturated heterocycles. The number of benzene rings is 1. The lowest BCUT2D eigenvalue weighted by Crippen LogP contribution is -2.50. The number of ether oxygens (including phenoxy) is 1. The lowest BCUT2D eigenvalue weighted by molar-refractivity contribution is 0.0532. The molecule has 0 unspecified atom stereocenters. The molecule has 0 spiro atoms. The second-order valence-electron chi connectivity index (χ2n) is 7.22. The average molecular weight is 367 g/mol. The number of aromatic amines is 1. The first-order valence-electron chi connectivity index (χ1n) is 9.69. The third-order valence-corrected chi connectivity index (χ3v) is 5.39. The number of piperazine rings is 1. The summed E-state index contributed by atoms with van der Waals surface area (Å²) in [4.78, 5) is 31.6. The predicted molar refractivity (Wildman–Crippen MR) is 102 cm³/mol. The highest BCUT2D eigenvalue weighted by Crippen LogP contribution is 2.24. The summed E-state index contributed by atoms with van der Waals surface area (Å²) in [6.07, 6.45) is 6.77. The molecule has 142 valence electrons. The van der Waals surface area contributed by atoms with Crippen molar-refractivity contribution in [3.63, 3.8) is 0 Å². The molecule has 1 aromatic carbocycles. The van der Waals surface area contributed by atoms with Gasteiger partial charge in [-0.25, -0.2) is 0 Å². The second-order valence-corrected chi connectivity index (χ2v) is 7.22. The van der Waals surface area contributed by atoms with Crippen LogP contribution >= 0.6 is 0 Å². The van der Waals surface area contributed by atoms with E-state index >= 15 is 0 Å². The largest absolute Gasteiger partial charge is 0.490 e. The molecule has 0 atom stereocenters. The van der Waals surface area contributed by atoms with E-state index in [-0.39, 0.29) is 11.8 Å². The highest BCUT2D eigenvalue weighted by Gasteiger charge is 2.26. The summed E-state index contributed by atoms with van der Waals surface area (Å²) in [5, 5.41) is 0. The minimum Gasteiger partial charge on any atom is -0.490 e. The summed E-state index contributed by atoms with van der Waals surface area (Å²) in [5.41, 5.74) is 1.26. The Bertz CT molecular complexity index is 772. The maximum Gasteiger partial charge on any atom is 0.270 e. The van der Waals surface area contributed by atoms with Gasteiger partial charge < -0.3 is 19.5 Å². The van der Waals surface area contributed by atoms with Crippen molar-refractivity contribution in [3.8, 4) is 5.75 Å². The Balaban J connectivity index is 1.31. The molecular weight excluding hydrogens is 342 g/mol. The van der Waals surface area contributed by atoms with Crippen LogP contribution in [-0.4, -0.2) is 58.9 Å². The Kier molecular flexibility index (Phi) is 5.14. The zero-order valence-corrected chi connectivity index (χ0v) is 15.4. The molecule has 6 heteroatoms. The first kappa shape index (κ1) is 17.6. The van der Waals surface area contributed by atoms with E-state index in [4.69, 9.17) is 4.74 Å². The van der Waals surface area contributed by atoms with Crippen molar-refractivity contribution in [3.05, 3.63) is 53.9 Å². The van der Waals surface area contributed by atoms with E-state index in [1.807, 2.05) is 35.2 Å². The van der Waals surface area contributed by atoms with Crippen LogP contribution in [0.25, 0.3) is 0 Å². The lowest BCUT2D eigenvalue weighted by atomic mass is 10.1. The van der Waals surface area contributed by atoms with Gasteiger partial charge in [0.15, 0.2) is 0 Å². The van der Waals surface area contributed by atoms with Gasteiger partial charge in [0, 0.05) is 37.9 Å². The lowest BCUT2D eigenvalue weighted by Gasteiger charge is -2.34. The number of aromatic nitrogens is 1. The number of nitrogens with one attached hydrogen (secondary N) is 1. The number of nitrogens with zero attached hydrogens (tertiary/aromatic N) is 2. The van der Waals surface area contributed by atoms with E-state index in [1.54, 1.807) is 17.2 Å². The molecule has 1 aliphatic heterocycles. The van der Waals surface area contributed by atoms with E-state index in [2.05, 4.69) is 4.98 Å². The van der Waals surface area contributed by atoms with Crippen molar-refractivity contribution in [1.82, 2.24) is 14.8 Å². The molecule has 2 fully saturated rings. The Hall–Kier alpha value is -2.76. The fourth-order valence-corrected chi connectivity index (χ4v) is 3.80. The van der Waals surface area contributed by atoms with Crippen LogP contribution in [-0.2, 0) is 0 Å². The molecule has 2 aromatic rings. The normalized spacial score (nSPS) is 17.9. The Morgan fingerprint density at radius 3 is 2.11 bits per heavy atom. The molecule has 0 bridgehead atoms. The summed E-state index contributed by atoms with van der Waals surface area (Å²) in [6.45, 7) is 2.19. The summed E-state index contributed by atoms with van der Waals surface area (Å²) in [5.74, 6) is 0.828. The van der Waals surface area contributed by atoms with E-state index in [0.29, 0.717) is 43.5 Å². The summed E-state index contributed by atoms with van der Waals surface area (Å²) in [7, 11) is 0. The van der Waals surface area contributed by atoms with Gasteiger partial charge in [-0.3, -0.25) is 9.59 Å². The Morgan fingerprint density at radius 2 is 1.52 bits per heavy atom. The van der Waals surface area contributed by atoms with Crippen LogP contribution in [0.1, 0.15) is 46.5 Å². The van der Waals surface area contributed by atoms with Crippen molar-refractivity contribution < 1.29 is 14.3 Å². The van der Waals surface area contributed by atoms with Crippen molar-refractivity contribution >= 4 is 11.8 Å². The van der Waals surface area contributed by atoms with Gasteiger partial charge in [0.05, 0.1) is 6.10 Å². The second kappa shape index (κ2) is 7.86. The maximum atomic E-state index is 12.7. The third kappa shape index (κ3) is 3.99. The number of carbonyl (C=O) groups is 2. The van der Waals surface area contributed by atoms with Crippen molar-refractivity contribution in [1.29, 1.82) is 0 Å². The molecule has 0 radical (unpaired) electrons. The molecule has 2 heterocycles. The van der Waals surface area contributed by atoms with Crippen LogP contribution in [0.4, 0.5) is 0 Å². The number of carbonyl (C=O) groups excluding carboxylic acids is 2. The van der Waals surface area contributed by atoms with Gasteiger partial charge >= 0.3 is 0 Å². The summed E-state index contributed by atoms with van der Waals surface area (Å²) >= 11 is 0. The van der Waals surface area contributed by atoms with Crippen molar-refractivity contribution in [2.75, 3.05) is 26.2 Å². The number of rotatable bonds is 4. The molecule has 2 amide bonds. The molecule has 27 heavy (non-hydrogen) atoms. The molecule has 1 saturated carbocycles. The predicted octanol–water partition coefficient (Wildman–Crippen LogP) is 2.93. The van der Waals surface area contributed by atoms with Crippen LogP contribution in [0.15, 0.2) is 42.6 Å². The van der Waals surface area contributed by atoms with Gasteiger partial charge in [0.25, 0.3) is 11.8 Å².